The fourth-order valence-electron chi connectivity index (χ4n) is 1.59. The number of halogens is 4. The smallest absolute Gasteiger partial charge is 0.372 e. The lowest BCUT2D eigenvalue weighted by atomic mass is 9.96. The van der Waals surface area contributed by atoms with E-state index in [2.05, 4.69) is 4.74 Å². The van der Waals surface area contributed by atoms with Gasteiger partial charge < -0.3 is 10.5 Å². The van der Waals surface area contributed by atoms with Gasteiger partial charge >= 0.3 is 6.18 Å². The van der Waals surface area contributed by atoms with Gasteiger partial charge in [0.1, 0.15) is 6.61 Å². The number of hydrogen-bond donors (Lipinski definition) is 1. The van der Waals surface area contributed by atoms with Crippen LogP contribution >= 0.6 is 11.6 Å². The molecule has 0 amide bonds. The molecule has 0 saturated heterocycles. The standard InChI is InChI=1S/C12H15ClF3NO/c13-11-3-1-2-9(6-11)10(7-17)4-5-18-8-12(14,15)16/h1-3,6,10H,4-5,7-8,17H2. The summed E-state index contributed by atoms with van der Waals surface area (Å²) in [6.07, 6.45) is -3.85. The number of nitrogens with two attached hydrogens (primary N) is 1. The fraction of sp³-hybridized carbons (Fsp3) is 0.500. The van der Waals surface area contributed by atoms with Gasteiger partial charge in [0, 0.05) is 11.6 Å². The summed E-state index contributed by atoms with van der Waals surface area (Å²) in [6, 6.07) is 7.14. The SMILES string of the molecule is NCC(CCOCC(F)(F)F)c1cccc(Cl)c1. The third kappa shape index (κ3) is 5.71. The predicted octanol–water partition coefficient (Wildman–Crippen LogP) is 3.35. The summed E-state index contributed by atoms with van der Waals surface area (Å²) in [5.74, 6) is -0.0445. The normalized spacial score (nSPS) is 13.6. The lowest BCUT2D eigenvalue weighted by molar-refractivity contribution is -0.174. The molecule has 0 aliphatic rings. The maximum Gasteiger partial charge on any atom is 0.411 e. The molecule has 18 heavy (non-hydrogen) atoms. The van der Waals surface area contributed by atoms with Crippen LogP contribution in [0.4, 0.5) is 13.2 Å². The molecule has 0 fully saturated rings. The molecule has 0 bridgehead atoms. The van der Waals surface area contributed by atoms with Gasteiger partial charge in [-0.15, -0.1) is 0 Å². The van der Waals surface area contributed by atoms with Crippen molar-refractivity contribution in [2.24, 2.45) is 5.73 Å². The molecular weight excluding hydrogens is 267 g/mol. The summed E-state index contributed by atoms with van der Waals surface area (Å²) in [6.45, 7) is -0.858. The van der Waals surface area contributed by atoms with Crippen molar-refractivity contribution in [3.63, 3.8) is 0 Å². The Morgan fingerprint density at radius 2 is 2.06 bits per heavy atom. The molecule has 1 atom stereocenters. The number of ether oxygens (including phenoxy) is 1. The summed E-state index contributed by atoms with van der Waals surface area (Å²) in [4.78, 5) is 0. The van der Waals surface area contributed by atoms with Gasteiger partial charge in [0.15, 0.2) is 0 Å². The second-order valence-electron chi connectivity index (χ2n) is 3.94. The number of rotatable bonds is 6. The third-order valence-corrected chi connectivity index (χ3v) is 2.72. The first kappa shape index (κ1) is 15.3. The van der Waals surface area contributed by atoms with Crippen molar-refractivity contribution in [1.29, 1.82) is 0 Å². The molecule has 0 aliphatic carbocycles. The molecule has 1 aromatic rings. The van der Waals surface area contributed by atoms with Gasteiger partial charge in [-0.05, 0) is 36.6 Å². The molecule has 102 valence electrons. The molecule has 0 saturated carbocycles. The van der Waals surface area contributed by atoms with Crippen LogP contribution in [-0.4, -0.2) is 25.9 Å². The Morgan fingerprint density at radius 3 is 2.61 bits per heavy atom. The minimum absolute atomic E-state index is 0.0217. The van der Waals surface area contributed by atoms with Crippen LogP contribution < -0.4 is 5.73 Å². The summed E-state index contributed by atoms with van der Waals surface area (Å²) < 4.78 is 40.2. The van der Waals surface area contributed by atoms with Crippen LogP contribution in [-0.2, 0) is 4.74 Å². The van der Waals surface area contributed by atoms with Crippen LogP contribution in [0.5, 0.6) is 0 Å². The van der Waals surface area contributed by atoms with Crippen LogP contribution in [0, 0.1) is 0 Å². The lowest BCUT2D eigenvalue weighted by Crippen LogP contribution is -2.20. The topological polar surface area (TPSA) is 35.2 Å². The van der Waals surface area contributed by atoms with Crippen molar-refractivity contribution in [2.45, 2.75) is 18.5 Å². The molecule has 2 nitrogen and oxygen atoms in total. The zero-order chi connectivity index (χ0) is 13.6. The van der Waals surface area contributed by atoms with Crippen LogP contribution in [0.15, 0.2) is 24.3 Å². The number of benzene rings is 1. The zero-order valence-corrected chi connectivity index (χ0v) is 10.5. The first-order chi connectivity index (χ1) is 8.42. The predicted molar refractivity (Wildman–Crippen MR) is 64.7 cm³/mol. The van der Waals surface area contributed by atoms with Crippen molar-refractivity contribution in [3.8, 4) is 0 Å². The van der Waals surface area contributed by atoms with E-state index >= 15 is 0 Å². The van der Waals surface area contributed by atoms with E-state index in [1.54, 1.807) is 18.2 Å². The molecule has 1 aromatic carbocycles. The van der Waals surface area contributed by atoms with E-state index in [4.69, 9.17) is 17.3 Å². The second-order valence-corrected chi connectivity index (χ2v) is 4.38. The highest BCUT2D eigenvalue weighted by molar-refractivity contribution is 6.30. The quantitative estimate of drug-likeness (QED) is 0.812. The van der Waals surface area contributed by atoms with E-state index in [0.29, 0.717) is 18.0 Å². The maximum absolute atomic E-state index is 11.9. The zero-order valence-electron chi connectivity index (χ0n) is 9.71. The van der Waals surface area contributed by atoms with E-state index in [-0.39, 0.29) is 12.5 Å². The Kier molecular flexibility index (Phi) is 5.91. The summed E-state index contributed by atoms with van der Waals surface area (Å²) >= 11 is 5.85. The highest BCUT2D eigenvalue weighted by Gasteiger charge is 2.27. The molecule has 0 spiro atoms. The van der Waals surface area contributed by atoms with E-state index in [0.717, 1.165) is 5.56 Å². The molecular formula is C12H15ClF3NO. The Hall–Kier alpha value is -0.780. The average molecular weight is 282 g/mol. The monoisotopic (exact) mass is 281 g/mol. The van der Waals surface area contributed by atoms with Crippen molar-refractivity contribution in [3.05, 3.63) is 34.9 Å². The van der Waals surface area contributed by atoms with Gasteiger partial charge in [-0.1, -0.05) is 23.7 Å². The van der Waals surface area contributed by atoms with E-state index in [9.17, 15) is 13.2 Å². The van der Waals surface area contributed by atoms with Crippen LogP contribution in [0.1, 0.15) is 17.9 Å². The number of alkyl halides is 3. The molecule has 2 N–H and O–H groups in total. The summed E-state index contributed by atoms with van der Waals surface area (Å²) in [7, 11) is 0. The maximum atomic E-state index is 11.9. The molecule has 6 heteroatoms. The fourth-order valence-corrected chi connectivity index (χ4v) is 1.79. The highest BCUT2D eigenvalue weighted by Crippen LogP contribution is 2.22. The van der Waals surface area contributed by atoms with E-state index in [1.165, 1.54) is 0 Å². The molecule has 0 heterocycles. The molecule has 1 rings (SSSR count). The molecule has 0 aliphatic heterocycles. The van der Waals surface area contributed by atoms with Crippen LogP contribution in [0.2, 0.25) is 5.02 Å². The van der Waals surface area contributed by atoms with Gasteiger partial charge in [-0.25, -0.2) is 0 Å². The van der Waals surface area contributed by atoms with Gasteiger partial charge in [0.2, 0.25) is 0 Å². The minimum Gasteiger partial charge on any atom is -0.372 e. The van der Waals surface area contributed by atoms with Crippen molar-refractivity contribution >= 4 is 11.6 Å². The van der Waals surface area contributed by atoms with Gasteiger partial charge in [-0.3, -0.25) is 0 Å². The minimum atomic E-state index is -4.28. The summed E-state index contributed by atoms with van der Waals surface area (Å²) in [5, 5.41) is 0.585. The van der Waals surface area contributed by atoms with E-state index in [1.807, 2.05) is 6.07 Å². The Labute approximate surface area is 109 Å². The lowest BCUT2D eigenvalue weighted by Gasteiger charge is -2.16. The van der Waals surface area contributed by atoms with Gasteiger partial charge in [0.05, 0.1) is 0 Å². The first-order valence-corrected chi connectivity index (χ1v) is 5.90. The van der Waals surface area contributed by atoms with Crippen molar-refractivity contribution in [2.75, 3.05) is 19.8 Å². The molecule has 0 radical (unpaired) electrons. The largest absolute Gasteiger partial charge is 0.411 e. The van der Waals surface area contributed by atoms with Crippen LogP contribution in [0.25, 0.3) is 0 Å². The highest BCUT2D eigenvalue weighted by atomic mass is 35.5. The van der Waals surface area contributed by atoms with Gasteiger partial charge in [0.25, 0.3) is 0 Å². The Morgan fingerprint density at radius 1 is 1.33 bits per heavy atom. The van der Waals surface area contributed by atoms with Crippen LogP contribution in [0.3, 0.4) is 0 Å². The van der Waals surface area contributed by atoms with Crippen molar-refractivity contribution in [1.82, 2.24) is 0 Å². The Bertz CT molecular complexity index is 371. The molecule has 1 unspecified atom stereocenters. The van der Waals surface area contributed by atoms with Crippen molar-refractivity contribution < 1.29 is 17.9 Å². The average Bonchev–Trinajstić information content (AvgIpc) is 2.27. The first-order valence-electron chi connectivity index (χ1n) is 5.52. The third-order valence-electron chi connectivity index (χ3n) is 2.48. The Balaban J connectivity index is 2.43. The van der Waals surface area contributed by atoms with Gasteiger partial charge in [-0.2, -0.15) is 13.2 Å². The van der Waals surface area contributed by atoms with E-state index < -0.39 is 12.8 Å². The molecule has 0 aromatic heterocycles. The summed E-state index contributed by atoms with van der Waals surface area (Å²) in [5.41, 5.74) is 6.52. The number of hydrogen-bond acceptors (Lipinski definition) is 2. The second kappa shape index (κ2) is 6.97.